The van der Waals surface area contributed by atoms with Crippen molar-refractivity contribution in [2.24, 2.45) is 0 Å². The lowest BCUT2D eigenvalue weighted by molar-refractivity contribution is -0.143. The van der Waals surface area contributed by atoms with Gasteiger partial charge in [0.2, 0.25) is 5.91 Å². The Morgan fingerprint density at radius 1 is 0.297 bits per heavy atom. The van der Waals surface area contributed by atoms with Crippen molar-refractivity contribution < 1.29 is 24.5 Å². The van der Waals surface area contributed by atoms with Gasteiger partial charge in [0.05, 0.1) is 25.4 Å². The van der Waals surface area contributed by atoms with Gasteiger partial charge in [0.25, 0.3) is 0 Å². The zero-order valence-corrected chi connectivity index (χ0v) is 61.9. The van der Waals surface area contributed by atoms with Gasteiger partial charge in [-0.25, -0.2) is 0 Å². The number of esters is 1. The first kappa shape index (κ1) is 89.1. The maximum atomic E-state index is 12.6. The van der Waals surface area contributed by atoms with Gasteiger partial charge < -0.3 is 20.3 Å². The average Bonchev–Trinajstić information content (AvgIpc) is 3.58. The number of ether oxygens (including phenoxy) is 1. The third kappa shape index (κ3) is 77.0. The molecule has 6 heteroatoms. The molecule has 91 heavy (non-hydrogen) atoms. The Morgan fingerprint density at radius 2 is 0.516 bits per heavy atom. The molecule has 2 unspecified atom stereocenters. The van der Waals surface area contributed by atoms with Crippen molar-refractivity contribution in [3.8, 4) is 0 Å². The molecule has 2 atom stereocenters. The monoisotopic (exact) mass is 1280 g/mol. The highest BCUT2D eigenvalue weighted by Crippen LogP contribution is 2.20. The normalized spacial score (nSPS) is 12.6. The largest absolute Gasteiger partial charge is 0.466 e. The zero-order chi connectivity index (χ0) is 65.6. The van der Waals surface area contributed by atoms with Crippen LogP contribution in [0.25, 0.3) is 0 Å². The van der Waals surface area contributed by atoms with Gasteiger partial charge in [0.15, 0.2) is 0 Å². The molecule has 0 saturated heterocycles. The Morgan fingerprint density at radius 3 is 0.780 bits per heavy atom. The van der Waals surface area contributed by atoms with Gasteiger partial charge in [0, 0.05) is 12.8 Å². The van der Waals surface area contributed by atoms with Gasteiger partial charge in [-0.15, -0.1) is 0 Å². The Hall–Kier alpha value is -1.92. The molecule has 6 nitrogen and oxygen atoms in total. The topological polar surface area (TPSA) is 95.9 Å². The molecule has 0 aliphatic carbocycles. The predicted molar refractivity (Wildman–Crippen MR) is 403 cm³/mol. The van der Waals surface area contributed by atoms with E-state index in [1.54, 1.807) is 6.08 Å². The molecule has 0 radical (unpaired) electrons. The summed E-state index contributed by atoms with van der Waals surface area (Å²) in [5.74, 6) is -0.0410. The summed E-state index contributed by atoms with van der Waals surface area (Å²) in [5, 5.41) is 23.3. The first-order chi connectivity index (χ1) is 45.0. The van der Waals surface area contributed by atoms with Crippen LogP contribution in [0.5, 0.6) is 0 Å². The lowest BCUT2D eigenvalue weighted by atomic mass is 10.0. The van der Waals surface area contributed by atoms with E-state index in [1.165, 1.54) is 405 Å². The molecular weight excluding hydrogens is 1110 g/mol. The highest BCUT2D eigenvalue weighted by molar-refractivity contribution is 5.76. The van der Waals surface area contributed by atoms with Crippen molar-refractivity contribution in [2.45, 2.75) is 482 Å². The van der Waals surface area contributed by atoms with Gasteiger partial charge in [-0.1, -0.05) is 410 Å². The van der Waals surface area contributed by atoms with Gasteiger partial charge >= 0.3 is 5.97 Å². The maximum Gasteiger partial charge on any atom is 0.305 e. The van der Waals surface area contributed by atoms with Crippen LogP contribution in [0.1, 0.15) is 470 Å². The van der Waals surface area contributed by atoms with Crippen molar-refractivity contribution in [3.63, 3.8) is 0 Å². The van der Waals surface area contributed by atoms with Gasteiger partial charge in [0.1, 0.15) is 0 Å². The number of unbranched alkanes of at least 4 members (excludes halogenated alkanes) is 64. The Balaban J connectivity index is 3.36. The van der Waals surface area contributed by atoms with Crippen molar-refractivity contribution >= 4 is 11.9 Å². The summed E-state index contributed by atoms with van der Waals surface area (Å²) < 4.78 is 5.52. The number of rotatable bonds is 79. The standard InChI is InChI=1S/C85H163NO5/c1-3-5-7-9-11-13-15-17-19-21-23-24-38-42-45-49-53-57-61-65-69-73-77-83(88)82(81-87)86-84(89)78-74-70-66-62-58-54-50-46-43-39-36-34-32-30-28-26-25-27-29-31-33-35-37-40-44-48-52-56-60-64-68-72-76-80-91-85(90)79-75-71-67-63-59-55-51-47-41-22-20-18-16-14-12-10-8-6-4-2/h18,20,29,31,73,77,82-83,87-88H,3-17,19,21-28,30,32-72,74-76,78-81H2,1-2H3,(H,86,89)/b20-18-,31-29-,77-73+. The van der Waals surface area contributed by atoms with Gasteiger partial charge in [-0.05, 0) is 83.5 Å². The molecule has 0 heterocycles. The van der Waals surface area contributed by atoms with Crippen LogP contribution in [-0.2, 0) is 14.3 Å². The van der Waals surface area contributed by atoms with E-state index < -0.39 is 12.1 Å². The van der Waals surface area contributed by atoms with Crippen LogP contribution in [-0.4, -0.2) is 47.4 Å². The third-order valence-electron chi connectivity index (χ3n) is 19.6. The molecular formula is C85H163NO5. The fourth-order valence-electron chi connectivity index (χ4n) is 13.3. The second-order valence-corrected chi connectivity index (χ2v) is 28.8. The molecule has 1 amide bonds. The first-order valence-electron chi connectivity index (χ1n) is 41.8. The van der Waals surface area contributed by atoms with Crippen LogP contribution in [0.4, 0.5) is 0 Å². The number of aliphatic hydroxyl groups excluding tert-OH is 2. The molecule has 3 N–H and O–H groups in total. The van der Waals surface area contributed by atoms with Crippen LogP contribution in [0.3, 0.4) is 0 Å². The first-order valence-corrected chi connectivity index (χ1v) is 41.8. The highest BCUT2D eigenvalue weighted by Gasteiger charge is 2.18. The summed E-state index contributed by atoms with van der Waals surface area (Å²) in [5.41, 5.74) is 0. The minimum absolute atomic E-state index is 0.0190. The molecule has 0 aromatic rings. The molecule has 0 saturated carbocycles. The van der Waals surface area contributed by atoms with Crippen molar-refractivity contribution in [2.75, 3.05) is 13.2 Å². The zero-order valence-electron chi connectivity index (χ0n) is 61.9. The van der Waals surface area contributed by atoms with E-state index in [0.717, 1.165) is 38.5 Å². The SMILES string of the molecule is CCCCCCCC/C=C\CCCCCCCCCCCC(=O)OCCCCCCCCCCCCCC/C=C\CCCCCCCCCCCCCCCCCCCC(=O)NC(CO)C(O)/C=C/CCCCCCCCCCCCCCCCCCCCCC. The van der Waals surface area contributed by atoms with E-state index in [1.807, 2.05) is 6.08 Å². The minimum atomic E-state index is -0.844. The lowest BCUT2D eigenvalue weighted by Crippen LogP contribution is -2.45. The van der Waals surface area contributed by atoms with E-state index in [4.69, 9.17) is 4.74 Å². The molecule has 0 bridgehead atoms. The number of hydrogen-bond acceptors (Lipinski definition) is 5. The van der Waals surface area contributed by atoms with E-state index in [2.05, 4.69) is 43.5 Å². The minimum Gasteiger partial charge on any atom is -0.466 e. The van der Waals surface area contributed by atoms with Crippen molar-refractivity contribution in [1.82, 2.24) is 5.32 Å². The number of amides is 1. The summed E-state index contributed by atoms with van der Waals surface area (Å²) in [4.78, 5) is 24.7. The number of carbonyl (C=O) groups is 2. The fraction of sp³-hybridized carbons (Fsp3) is 0.906. The quantitative estimate of drug-likeness (QED) is 0.0320. The number of carbonyl (C=O) groups excluding carboxylic acids is 2. The highest BCUT2D eigenvalue weighted by atomic mass is 16.5. The molecule has 0 rings (SSSR count). The van der Waals surface area contributed by atoms with Crippen LogP contribution in [0, 0.1) is 0 Å². The average molecular weight is 1280 g/mol. The molecule has 0 aromatic carbocycles. The van der Waals surface area contributed by atoms with Crippen LogP contribution in [0.2, 0.25) is 0 Å². The molecule has 0 aromatic heterocycles. The summed E-state index contributed by atoms with van der Waals surface area (Å²) in [6.07, 6.45) is 106. The van der Waals surface area contributed by atoms with Crippen molar-refractivity contribution in [1.29, 1.82) is 0 Å². The smallest absolute Gasteiger partial charge is 0.305 e. The predicted octanol–water partition coefficient (Wildman–Crippen LogP) is 27.8. The summed E-state index contributed by atoms with van der Waals surface area (Å²) in [7, 11) is 0. The van der Waals surface area contributed by atoms with Crippen LogP contribution >= 0.6 is 0 Å². The molecule has 0 fully saturated rings. The van der Waals surface area contributed by atoms with Crippen LogP contribution in [0.15, 0.2) is 36.5 Å². The number of allylic oxidation sites excluding steroid dienone is 5. The second-order valence-electron chi connectivity index (χ2n) is 28.8. The van der Waals surface area contributed by atoms with E-state index in [9.17, 15) is 19.8 Å². The molecule has 0 aliphatic rings. The van der Waals surface area contributed by atoms with E-state index in [-0.39, 0.29) is 18.5 Å². The van der Waals surface area contributed by atoms with Crippen LogP contribution < -0.4 is 5.32 Å². The summed E-state index contributed by atoms with van der Waals surface area (Å²) in [6, 6.07) is -0.627. The molecule has 0 spiro atoms. The maximum absolute atomic E-state index is 12.6. The Kier molecular flexibility index (Phi) is 78.8. The third-order valence-corrected chi connectivity index (χ3v) is 19.6. The second kappa shape index (κ2) is 80.5. The number of hydrogen-bond donors (Lipinski definition) is 3. The number of nitrogens with one attached hydrogen (secondary N) is 1. The summed E-state index contributed by atoms with van der Waals surface area (Å²) >= 11 is 0. The summed E-state index contributed by atoms with van der Waals surface area (Å²) in [6.45, 7) is 4.95. The van der Waals surface area contributed by atoms with Gasteiger partial charge in [-0.3, -0.25) is 9.59 Å². The lowest BCUT2D eigenvalue weighted by Gasteiger charge is -2.20. The molecule has 538 valence electrons. The Bertz CT molecular complexity index is 1470. The fourth-order valence-corrected chi connectivity index (χ4v) is 13.3. The Labute approximate surface area is 570 Å². The number of aliphatic hydroxyl groups is 2. The molecule has 0 aliphatic heterocycles. The van der Waals surface area contributed by atoms with E-state index in [0.29, 0.717) is 19.4 Å². The van der Waals surface area contributed by atoms with Gasteiger partial charge in [-0.2, -0.15) is 0 Å². The van der Waals surface area contributed by atoms with E-state index >= 15 is 0 Å². The van der Waals surface area contributed by atoms with Crippen molar-refractivity contribution in [3.05, 3.63) is 36.5 Å².